The van der Waals surface area contributed by atoms with Gasteiger partial charge < -0.3 is 15.1 Å². The zero-order valence-electron chi connectivity index (χ0n) is 9.93. The van der Waals surface area contributed by atoms with Gasteiger partial charge in [0.2, 0.25) is 0 Å². The minimum absolute atomic E-state index is 0.156. The van der Waals surface area contributed by atoms with Crippen molar-refractivity contribution in [2.75, 3.05) is 18.0 Å². The predicted molar refractivity (Wildman–Crippen MR) is 64.3 cm³/mol. The van der Waals surface area contributed by atoms with Crippen LogP contribution in [-0.2, 0) is 6.61 Å². The zero-order chi connectivity index (χ0) is 12.4. The smallest absolute Gasteiger partial charge is 0.146 e. The maximum absolute atomic E-state index is 13.8. The summed E-state index contributed by atoms with van der Waals surface area (Å²) in [6, 6.07) is 4.73. The lowest BCUT2D eigenvalue weighted by Gasteiger charge is -2.36. The summed E-state index contributed by atoms with van der Waals surface area (Å²) in [6.07, 6.45) is 0.461. The lowest BCUT2D eigenvalue weighted by atomic mass is 9.95. The first-order valence-electron chi connectivity index (χ1n) is 5.94. The molecule has 0 radical (unpaired) electrons. The first kappa shape index (κ1) is 12.3. The molecule has 1 heterocycles. The quantitative estimate of drug-likeness (QED) is 0.822. The molecule has 2 N–H and O–H groups in total. The normalized spacial score (nSPS) is 25.1. The molecule has 0 saturated carbocycles. The third-order valence-electron chi connectivity index (χ3n) is 3.45. The van der Waals surface area contributed by atoms with Gasteiger partial charge in [0, 0.05) is 13.1 Å². The number of rotatable bonds is 2. The number of β-amino-alcohol motifs (C(OH)–C–C–N with tert-alkyl or cyclic N) is 1. The largest absolute Gasteiger partial charge is 0.392 e. The number of piperidine rings is 1. The molecule has 2 atom stereocenters. The van der Waals surface area contributed by atoms with E-state index in [1.54, 1.807) is 12.1 Å². The van der Waals surface area contributed by atoms with Crippen LogP contribution in [0.3, 0.4) is 0 Å². The summed E-state index contributed by atoms with van der Waals surface area (Å²) in [4.78, 5) is 1.86. The van der Waals surface area contributed by atoms with Crippen molar-refractivity contribution in [3.8, 4) is 0 Å². The number of benzene rings is 1. The van der Waals surface area contributed by atoms with Gasteiger partial charge in [0.25, 0.3) is 0 Å². The molecule has 1 fully saturated rings. The van der Waals surface area contributed by atoms with E-state index in [1.807, 2.05) is 11.8 Å². The Hall–Kier alpha value is -1.13. The molecule has 94 valence electrons. The van der Waals surface area contributed by atoms with E-state index < -0.39 is 6.10 Å². The van der Waals surface area contributed by atoms with Gasteiger partial charge in [0.15, 0.2) is 0 Å². The predicted octanol–water partition coefficient (Wildman–Crippen LogP) is 1.53. The fourth-order valence-electron chi connectivity index (χ4n) is 2.17. The molecule has 0 bridgehead atoms. The summed E-state index contributed by atoms with van der Waals surface area (Å²) < 4.78 is 13.8. The van der Waals surface area contributed by atoms with Gasteiger partial charge in [-0.3, -0.25) is 0 Å². The van der Waals surface area contributed by atoms with E-state index in [9.17, 15) is 9.50 Å². The number of hydrogen-bond acceptors (Lipinski definition) is 3. The van der Waals surface area contributed by atoms with Crippen LogP contribution in [-0.4, -0.2) is 29.4 Å². The molecule has 1 aliphatic rings. The Morgan fingerprint density at radius 2 is 2.24 bits per heavy atom. The molecular weight excluding hydrogens is 221 g/mol. The Morgan fingerprint density at radius 3 is 2.82 bits per heavy atom. The van der Waals surface area contributed by atoms with Gasteiger partial charge in [0.05, 0.1) is 18.4 Å². The SMILES string of the molecule is CC1CCN(c2ccc(CO)cc2F)CC1O. The third-order valence-corrected chi connectivity index (χ3v) is 3.45. The molecule has 4 heteroatoms. The Bertz CT molecular complexity index is 397. The maximum atomic E-state index is 13.8. The van der Waals surface area contributed by atoms with Gasteiger partial charge in [-0.15, -0.1) is 0 Å². The Kier molecular flexibility index (Phi) is 3.64. The number of anilines is 1. The molecular formula is C13H18FNO2. The Morgan fingerprint density at radius 1 is 1.47 bits per heavy atom. The standard InChI is InChI=1S/C13H18FNO2/c1-9-4-5-15(7-13(9)17)12-3-2-10(8-16)6-11(12)14/h2-3,6,9,13,16-17H,4-5,7-8H2,1H3. The first-order valence-corrected chi connectivity index (χ1v) is 5.94. The van der Waals surface area contributed by atoms with Crippen molar-refractivity contribution >= 4 is 5.69 Å². The number of aliphatic hydroxyl groups is 2. The summed E-state index contributed by atoms with van der Waals surface area (Å²) in [5, 5.41) is 18.7. The van der Waals surface area contributed by atoms with E-state index >= 15 is 0 Å². The van der Waals surface area contributed by atoms with E-state index in [-0.39, 0.29) is 18.3 Å². The second kappa shape index (κ2) is 5.02. The van der Waals surface area contributed by atoms with Crippen molar-refractivity contribution in [1.29, 1.82) is 0 Å². The van der Waals surface area contributed by atoms with E-state index in [0.717, 1.165) is 13.0 Å². The molecule has 1 aromatic rings. The minimum Gasteiger partial charge on any atom is -0.392 e. The summed E-state index contributed by atoms with van der Waals surface area (Å²) in [6.45, 7) is 3.08. The van der Waals surface area contributed by atoms with E-state index in [2.05, 4.69) is 0 Å². The molecule has 0 amide bonds. The molecule has 1 aromatic carbocycles. The minimum atomic E-state index is -0.402. The van der Waals surface area contributed by atoms with Gasteiger partial charge in [-0.2, -0.15) is 0 Å². The van der Waals surface area contributed by atoms with Crippen molar-refractivity contribution in [3.63, 3.8) is 0 Å². The number of aliphatic hydroxyl groups excluding tert-OH is 2. The van der Waals surface area contributed by atoms with Crippen molar-refractivity contribution in [2.24, 2.45) is 5.92 Å². The molecule has 2 rings (SSSR count). The van der Waals surface area contributed by atoms with Gasteiger partial charge in [-0.25, -0.2) is 4.39 Å². The van der Waals surface area contributed by atoms with Crippen LogP contribution in [0.15, 0.2) is 18.2 Å². The number of nitrogens with zero attached hydrogens (tertiary/aromatic N) is 1. The zero-order valence-corrected chi connectivity index (χ0v) is 9.93. The molecule has 0 spiro atoms. The third kappa shape index (κ3) is 2.58. The van der Waals surface area contributed by atoms with Crippen molar-refractivity contribution in [1.82, 2.24) is 0 Å². The molecule has 0 aliphatic carbocycles. The second-order valence-corrected chi connectivity index (χ2v) is 4.72. The van der Waals surface area contributed by atoms with Crippen LogP contribution in [0.1, 0.15) is 18.9 Å². The Labute approximate surface area is 100 Å². The lowest BCUT2D eigenvalue weighted by molar-refractivity contribution is 0.102. The van der Waals surface area contributed by atoms with E-state index in [0.29, 0.717) is 17.8 Å². The van der Waals surface area contributed by atoms with Crippen LogP contribution >= 0.6 is 0 Å². The summed E-state index contributed by atoms with van der Waals surface area (Å²) >= 11 is 0. The average molecular weight is 239 g/mol. The summed E-state index contributed by atoms with van der Waals surface area (Å²) in [5.41, 5.74) is 1.07. The van der Waals surface area contributed by atoms with Crippen LogP contribution < -0.4 is 4.90 Å². The highest BCUT2D eigenvalue weighted by Crippen LogP contribution is 2.26. The topological polar surface area (TPSA) is 43.7 Å². The molecule has 3 nitrogen and oxygen atoms in total. The first-order chi connectivity index (χ1) is 8.11. The lowest BCUT2D eigenvalue weighted by Crippen LogP contribution is -2.43. The second-order valence-electron chi connectivity index (χ2n) is 4.72. The fourth-order valence-corrected chi connectivity index (χ4v) is 2.17. The molecule has 1 aliphatic heterocycles. The number of hydrogen-bond donors (Lipinski definition) is 2. The highest BCUT2D eigenvalue weighted by molar-refractivity contribution is 5.49. The van der Waals surface area contributed by atoms with E-state index in [4.69, 9.17) is 5.11 Å². The molecule has 1 saturated heterocycles. The fraction of sp³-hybridized carbons (Fsp3) is 0.538. The van der Waals surface area contributed by atoms with Gasteiger partial charge >= 0.3 is 0 Å². The van der Waals surface area contributed by atoms with E-state index in [1.165, 1.54) is 6.07 Å². The van der Waals surface area contributed by atoms with Crippen LogP contribution in [0.2, 0.25) is 0 Å². The van der Waals surface area contributed by atoms with Crippen molar-refractivity contribution in [2.45, 2.75) is 26.1 Å². The summed E-state index contributed by atoms with van der Waals surface area (Å²) in [5.74, 6) is -0.0654. The van der Waals surface area contributed by atoms with Crippen LogP contribution in [0.25, 0.3) is 0 Å². The van der Waals surface area contributed by atoms with Crippen LogP contribution in [0.4, 0.5) is 10.1 Å². The van der Waals surface area contributed by atoms with Crippen LogP contribution in [0, 0.1) is 11.7 Å². The van der Waals surface area contributed by atoms with Crippen molar-refractivity contribution < 1.29 is 14.6 Å². The van der Waals surface area contributed by atoms with Crippen LogP contribution in [0.5, 0.6) is 0 Å². The monoisotopic (exact) mass is 239 g/mol. The highest BCUT2D eigenvalue weighted by Gasteiger charge is 2.25. The molecule has 0 aromatic heterocycles. The Balaban J connectivity index is 2.17. The number of halogens is 1. The average Bonchev–Trinajstić information content (AvgIpc) is 2.32. The maximum Gasteiger partial charge on any atom is 0.146 e. The molecule has 2 unspecified atom stereocenters. The highest BCUT2D eigenvalue weighted by atomic mass is 19.1. The van der Waals surface area contributed by atoms with Crippen molar-refractivity contribution in [3.05, 3.63) is 29.6 Å². The van der Waals surface area contributed by atoms with Gasteiger partial charge in [0.1, 0.15) is 5.82 Å². The summed E-state index contributed by atoms with van der Waals surface area (Å²) in [7, 11) is 0. The van der Waals surface area contributed by atoms with Gasteiger partial charge in [-0.1, -0.05) is 13.0 Å². The van der Waals surface area contributed by atoms with Gasteiger partial charge in [-0.05, 0) is 30.0 Å². The molecule has 17 heavy (non-hydrogen) atoms.